The van der Waals surface area contributed by atoms with Crippen LogP contribution in [-0.2, 0) is 14.9 Å². The van der Waals surface area contributed by atoms with E-state index >= 15 is 0 Å². The molecule has 0 aromatic heterocycles. The monoisotopic (exact) mass is 403 g/mol. The van der Waals surface area contributed by atoms with Gasteiger partial charge in [-0.25, -0.2) is 0 Å². The second-order valence-corrected chi connectivity index (χ2v) is 9.15. The first-order valence-electron chi connectivity index (χ1n) is 10.7. The number of carbonyl (C=O) groups excluding carboxylic acids is 1. The van der Waals surface area contributed by atoms with Gasteiger partial charge in [0.15, 0.2) is 0 Å². The molecule has 2 N–H and O–H groups in total. The highest BCUT2D eigenvalue weighted by Crippen LogP contribution is 2.10. The summed E-state index contributed by atoms with van der Waals surface area (Å²) in [6.45, 7) is 3.56. The van der Waals surface area contributed by atoms with Crippen molar-refractivity contribution in [1.29, 1.82) is 0 Å². The van der Waals surface area contributed by atoms with Crippen LogP contribution in [0.25, 0.3) is 0 Å². The Morgan fingerprint density at radius 2 is 1.37 bits per heavy atom. The fourth-order valence-corrected chi connectivity index (χ4v) is 3.14. The first kappa shape index (κ1) is 26.3. The average Bonchev–Trinajstić information content (AvgIpc) is 2.62. The van der Waals surface area contributed by atoms with Gasteiger partial charge in [0, 0.05) is 6.42 Å². The van der Waals surface area contributed by atoms with E-state index in [1.165, 1.54) is 64.7 Å². The smallest absolute Gasteiger partial charge is 0.280 e. The molecule has 0 saturated carbocycles. The Morgan fingerprint density at radius 3 is 1.89 bits per heavy atom. The van der Waals surface area contributed by atoms with Crippen molar-refractivity contribution in [1.82, 2.24) is 5.32 Å². The molecule has 160 valence electrons. The second-order valence-electron chi connectivity index (χ2n) is 7.41. The normalized spacial score (nSPS) is 13.3. The Balaban J connectivity index is 3.37. The van der Waals surface area contributed by atoms with Crippen molar-refractivity contribution in [2.75, 3.05) is 6.54 Å². The van der Waals surface area contributed by atoms with Crippen molar-refractivity contribution in [2.45, 2.75) is 109 Å². The van der Waals surface area contributed by atoms with E-state index < -0.39 is 15.5 Å². The quantitative estimate of drug-likeness (QED) is 0.171. The van der Waals surface area contributed by atoms with Gasteiger partial charge in [0.2, 0.25) is 0 Å². The third kappa shape index (κ3) is 18.4. The highest BCUT2D eigenvalue weighted by Gasteiger charge is 2.17. The zero-order chi connectivity index (χ0) is 20.4. The van der Waals surface area contributed by atoms with Crippen LogP contribution in [-0.4, -0.2) is 30.7 Å². The van der Waals surface area contributed by atoms with Crippen LogP contribution >= 0.6 is 0 Å². The van der Waals surface area contributed by atoms with E-state index in [0.29, 0.717) is 6.42 Å². The molecule has 0 bridgehead atoms. The van der Waals surface area contributed by atoms with Crippen LogP contribution in [0.1, 0.15) is 104 Å². The highest BCUT2D eigenvalue weighted by molar-refractivity contribution is 7.86. The molecule has 0 aliphatic heterocycles. The first-order chi connectivity index (χ1) is 12.9. The number of Topliss-reactive ketones (excluding diaryl/α,β-unsaturated/α-hetero) is 1. The Hall–Kier alpha value is -0.720. The van der Waals surface area contributed by atoms with E-state index in [0.717, 1.165) is 25.7 Å². The number of nitrogens with one attached hydrogen (secondary N) is 1. The molecule has 1 atom stereocenters. The van der Waals surface area contributed by atoms with Crippen molar-refractivity contribution < 1.29 is 17.8 Å². The summed E-state index contributed by atoms with van der Waals surface area (Å²) < 4.78 is 30.5. The molecule has 0 fully saturated rings. The van der Waals surface area contributed by atoms with E-state index in [-0.39, 0.29) is 12.3 Å². The van der Waals surface area contributed by atoms with Gasteiger partial charge < -0.3 is 0 Å². The summed E-state index contributed by atoms with van der Waals surface area (Å²) in [5.41, 5.74) is 0. The minimum absolute atomic E-state index is 0.00957. The van der Waals surface area contributed by atoms with E-state index in [1.807, 2.05) is 0 Å². The maximum absolute atomic E-state index is 11.7. The minimum Gasteiger partial charge on any atom is -0.298 e. The van der Waals surface area contributed by atoms with E-state index in [9.17, 15) is 13.2 Å². The van der Waals surface area contributed by atoms with Crippen molar-refractivity contribution in [2.24, 2.45) is 0 Å². The molecule has 5 nitrogen and oxygen atoms in total. The van der Waals surface area contributed by atoms with Crippen LogP contribution in [0.15, 0.2) is 12.2 Å². The van der Waals surface area contributed by atoms with Gasteiger partial charge in [-0.1, -0.05) is 70.4 Å². The Morgan fingerprint density at radius 1 is 0.889 bits per heavy atom. The summed E-state index contributed by atoms with van der Waals surface area (Å²) in [4.78, 5) is 11.7. The number of allylic oxidation sites excluding steroid dienone is 2. The van der Waals surface area contributed by atoms with Crippen molar-refractivity contribution in [3.05, 3.63) is 12.2 Å². The van der Waals surface area contributed by atoms with Crippen molar-refractivity contribution >= 4 is 15.9 Å². The summed E-state index contributed by atoms with van der Waals surface area (Å²) >= 11 is 0. The maximum atomic E-state index is 11.7. The van der Waals surface area contributed by atoms with E-state index in [1.54, 1.807) is 0 Å². The van der Waals surface area contributed by atoms with Gasteiger partial charge in [0.25, 0.3) is 10.1 Å². The molecule has 0 rings (SSSR count). The molecule has 0 aliphatic rings. The second kappa shape index (κ2) is 17.4. The van der Waals surface area contributed by atoms with Crippen LogP contribution in [0.2, 0.25) is 0 Å². The largest absolute Gasteiger partial charge is 0.298 e. The minimum atomic E-state index is -4.12. The fraction of sp³-hybridized carbons (Fsp3) is 0.857. The molecule has 0 heterocycles. The van der Waals surface area contributed by atoms with Crippen LogP contribution in [0.3, 0.4) is 0 Å². The lowest BCUT2D eigenvalue weighted by molar-refractivity contribution is -0.118. The van der Waals surface area contributed by atoms with Gasteiger partial charge in [-0.15, -0.1) is 0 Å². The predicted octanol–water partition coefficient (Wildman–Crippen LogP) is 5.42. The molecule has 0 aromatic carbocycles. The summed E-state index contributed by atoms with van der Waals surface area (Å²) in [5, 5.41) is 1.43. The standard InChI is InChI=1S/C21H41NO4S/c1-3-4-5-6-7-8-9-10-11-12-13-14-15-16-17-18-21(23)19-22-20(2)27(24,25)26/h10-11,20,22H,3-9,12-19H2,1-2H3,(H,24,25,26)/b11-10-. The molecular formula is C21H41NO4S. The Labute approximate surface area is 167 Å². The van der Waals surface area contributed by atoms with E-state index in [4.69, 9.17) is 4.55 Å². The highest BCUT2D eigenvalue weighted by atomic mass is 32.2. The molecule has 6 heteroatoms. The van der Waals surface area contributed by atoms with Gasteiger partial charge in [-0.2, -0.15) is 8.42 Å². The van der Waals surface area contributed by atoms with Crippen LogP contribution in [0, 0.1) is 0 Å². The summed E-state index contributed by atoms with van der Waals surface area (Å²) in [7, 11) is -4.12. The summed E-state index contributed by atoms with van der Waals surface area (Å²) in [6.07, 6.45) is 20.9. The van der Waals surface area contributed by atoms with Gasteiger partial charge in [0.05, 0.1) is 6.54 Å². The zero-order valence-corrected chi connectivity index (χ0v) is 18.2. The van der Waals surface area contributed by atoms with Crippen molar-refractivity contribution in [3.8, 4) is 0 Å². The van der Waals surface area contributed by atoms with Crippen molar-refractivity contribution in [3.63, 3.8) is 0 Å². The molecule has 0 radical (unpaired) electrons. The lowest BCUT2D eigenvalue weighted by Crippen LogP contribution is -2.37. The van der Waals surface area contributed by atoms with Gasteiger partial charge in [0.1, 0.15) is 11.2 Å². The van der Waals surface area contributed by atoms with E-state index in [2.05, 4.69) is 24.4 Å². The Kier molecular flexibility index (Phi) is 16.9. The molecule has 0 spiro atoms. The molecule has 27 heavy (non-hydrogen) atoms. The molecule has 0 saturated heterocycles. The number of ketones is 1. The number of hydrogen-bond acceptors (Lipinski definition) is 4. The summed E-state index contributed by atoms with van der Waals surface area (Å²) in [5.74, 6) is -0.0110. The number of rotatable bonds is 19. The molecular weight excluding hydrogens is 362 g/mol. The third-order valence-corrected chi connectivity index (χ3v) is 5.81. The van der Waals surface area contributed by atoms with Crippen LogP contribution in [0.5, 0.6) is 0 Å². The third-order valence-electron chi connectivity index (χ3n) is 4.75. The SMILES string of the molecule is CCCCCCCC/C=C\CCCCCCCC(=O)CNC(C)S(=O)(=O)O. The summed E-state index contributed by atoms with van der Waals surface area (Å²) in [6, 6.07) is 0. The number of hydrogen-bond donors (Lipinski definition) is 2. The van der Waals surface area contributed by atoms with Gasteiger partial charge in [-0.3, -0.25) is 14.7 Å². The first-order valence-corrected chi connectivity index (χ1v) is 12.2. The average molecular weight is 404 g/mol. The van der Waals surface area contributed by atoms with Crippen LogP contribution in [0.4, 0.5) is 0 Å². The fourth-order valence-electron chi connectivity index (χ4n) is 2.84. The maximum Gasteiger partial charge on any atom is 0.280 e. The molecule has 0 amide bonds. The van der Waals surface area contributed by atoms with Gasteiger partial charge in [-0.05, 0) is 39.0 Å². The Bertz CT molecular complexity index is 488. The zero-order valence-electron chi connectivity index (χ0n) is 17.4. The topological polar surface area (TPSA) is 83.5 Å². The predicted molar refractivity (Wildman–Crippen MR) is 113 cm³/mol. The van der Waals surface area contributed by atoms with Crippen LogP contribution < -0.4 is 5.32 Å². The number of unbranched alkanes of at least 4 members (excludes halogenated alkanes) is 11. The lowest BCUT2D eigenvalue weighted by Gasteiger charge is -2.09. The number of carbonyl (C=O) groups is 1. The van der Waals surface area contributed by atoms with Gasteiger partial charge >= 0.3 is 0 Å². The molecule has 0 aromatic rings. The lowest BCUT2D eigenvalue weighted by atomic mass is 10.1. The molecule has 1 unspecified atom stereocenters. The molecule has 0 aliphatic carbocycles.